The minimum atomic E-state index is -6.88. The SMILES string of the molecule is OCC(F)(F)[C@H](F)OC(F)(F)C(F)(F)C(F)(F)F. The summed E-state index contributed by atoms with van der Waals surface area (Å²) in [6, 6.07) is 0. The maximum absolute atomic E-state index is 12.3. The van der Waals surface area contributed by atoms with Gasteiger partial charge in [-0.1, -0.05) is 0 Å². The Morgan fingerprint density at radius 1 is 0.889 bits per heavy atom. The van der Waals surface area contributed by atoms with Crippen molar-refractivity contribution in [3.63, 3.8) is 0 Å². The highest BCUT2D eigenvalue weighted by Gasteiger charge is 2.75. The normalized spacial score (nSPS) is 16.8. The molecule has 0 aliphatic carbocycles. The fourth-order valence-corrected chi connectivity index (χ4v) is 0.527. The molecule has 18 heavy (non-hydrogen) atoms. The number of hydrogen-bond acceptors (Lipinski definition) is 2. The number of rotatable bonds is 5. The fourth-order valence-electron chi connectivity index (χ4n) is 0.527. The third-order valence-electron chi connectivity index (χ3n) is 1.52. The molecule has 0 saturated carbocycles. The Bertz CT molecular complexity index is 285. The molecular formula is C6H4F10O2. The third-order valence-corrected chi connectivity index (χ3v) is 1.52. The van der Waals surface area contributed by atoms with Crippen molar-refractivity contribution in [2.45, 2.75) is 30.5 Å². The maximum Gasteiger partial charge on any atom is 0.462 e. The molecule has 1 atom stereocenters. The lowest BCUT2D eigenvalue weighted by Gasteiger charge is -2.30. The van der Waals surface area contributed by atoms with Crippen LogP contribution in [0.1, 0.15) is 0 Å². The summed E-state index contributed by atoms with van der Waals surface area (Å²) in [7, 11) is 0. The zero-order valence-electron chi connectivity index (χ0n) is 7.92. The van der Waals surface area contributed by atoms with E-state index in [0.717, 1.165) is 0 Å². The Labute approximate surface area is 92.1 Å². The summed E-state index contributed by atoms with van der Waals surface area (Å²) in [5.41, 5.74) is 0. The quantitative estimate of drug-likeness (QED) is 0.791. The Balaban J connectivity index is 5.09. The molecule has 1 N–H and O–H groups in total. The van der Waals surface area contributed by atoms with Gasteiger partial charge in [-0.2, -0.15) is 39.5 Å². The van der Waals surface area contributed by atoms with E-state index in [1.54, 1.807) is 0 Å². The van der Waals surface area contributed by atoms with Gasteiger partial charge < -0.3 is 5.11 Å². The zero-order valence-corrected chi connectivity index (χ0v) is 7.92. The van der Waals surface area contributed by atoms with Crippen LogP contribution in [0.25, 0.3) is 0 Å². The van der Waals surface area contributed by atoms with Crippen LogP contribution >= 0.6 is 0 Å². The number of hydrogen-bond donors (Lipinski definition) is 1. The second-order valence-electron chi connectivity index (χ2n) is 2.94. The molecule has 12 heteroatoms. The van der Waals surface area contributed by atoms with Gasteiger partial charge in [0.1, 0.15) is 6.61 Å². The van der Waals surface area contributed by atoms with Gasteiger partial charge in [0, 0.05) is 0 Å². The van der Waals surface area contributed by atoms with Crippen molar-refractivity contribution in [3.05, 3.63) is 0 Å². The summed E-state index contributed by atoms with van der Waals surface area (Å²) in [4.78, 5) is 0. The summed E-state index contributed by atoms with van der Waals surface area (Å²) >= 11 is 0. The van der Waals surface area contributed by atoms with Gasteiger partial charge in [0.15, 0.2) is 0 Å². The van der Waals surface area contributed by atoms with Crippen molar-refractivity contribution >= 4 is 0 Å². The lowest BCUT2D eigenvalue weighted by molar-refractivity contribution is -0.450. The van der Waals surface area contributed by atoms with E-state index >= 15 is 0 Å². The molecule has 0 aromatic rings. The van der Waals surface area contributed by atoms with E-state index in [1.807, 2.05) is 0 Å². The van der Waals surface area contributed by atoms with Crippen molar-refractivity contribution in [2.75, 3.05) is 6.61 Å². The summed E-state index contributed by atoms with van der Waals surface area (Å²) in [6.07, 6.45) is -18.0. The smallest absolute Gasteiger partial charge is 0.390 e. The molecule has 0 rings (SSSR count). The monoisotopic (exact) mass is 298 g/mol. The Hall–Kier alpha value is -0.780. The van der Waals surface area contributed by atoms with Crippen LogP contribution in [0.4, 0.5) is 43.9 Å². The van der Waals surface area contributed by atoms with E-state index in [4.69, 9.17) is 5.11 Å². The molecule has 0 aromatic carbocycles. The van der Waals surface area contributed by atoms with Gasteiger partial charge in [-0.15, -0.1) is 0 Å². The van der Waals surface area contributed by atoms with E-state index < -0.39 is 37.1 Å². The Morgan fingerprint density at radius 3 is 1.56 bits per heavy atom. The van der Waals surface area contributed by atoms with Crippen LogP contribution in [0.3, 0.4) is 0 Å². The predicted octanol–water partition coefficient (Wildman–Crippen LogP) is 2.72. The molecular weight excluding hydrogens is 294 g/mol. The standard InChI is InChI=1S/C6H4F10O2/c7-2(3(8,9)1-17)18-6(15,16)4(10,11)5(12,13)14/h2,17H,1H2/t2-/m1/s1. The van der Waals surface area contributed by atoms with Crippen molar-refractivity contribution in [1.29, 1.82) is 0 Å². The van der Waals surface area contributed by atoms with Crippen molar-refractivity contribution < 1.29 is 53.7 Å². The van der Waals surface area contributed by atoms with Gasteiger partial charge in [0.2, 0.25) is 0 Å². The van der Waals surface area contributed by atoms with E-state index in [0.29, 0.717) is 0 Å². The van der Waals surface area contributed by atoms with Crippen LogP contribution in [0.2, 0.25) is 0 Å². The third kappa shape index (κ3) is 3.16. The molecule has 0 amide bonds. The van der Waals surface area contributed by atoms with Crippen LogP contribution < -0.4 is 0 Å². The first kappa shape index (κ1) is 17.2. The van der Waals surface area contributed by atoms with Crippen molar-refractivity contribution in [2.24, 2.45) is 0 Å². The summed E-state index contributed by atoms with van der Waals surface area (Å²) in [6.45, 7) is -2.43. The molecule has 0 saturated heterocycles. The summed E-state index contributed by atoms with van der Waals surface area (Å²) < 4.78 is 122. The van der Waals surface area contributed by atoms with Gasteiger partial charge in [-0.3, -0.25) is 4.74 Å². The van der Waals surface area contributed by atoms with Crippen LogP contribution in [0, 0.1) is 0 Å². The molecule has 0 unspecified atom stereocenters. The molecule has 0 aliphatic heterocycles. The highest BCUT2D eigenvalue weighted by molar-refractivity contribution is 4.86. The second-order valence-corrected chi connectivity index (χ2v) is 2.94. The molecule has 0 bridgehead atoms. The van der Waals surface area contributed by atoms with Crippen LogP contribution in [0.5, 0.6) is 0 Å². The van der Waals surface area contributed by atoms with Gasteiger partial charge in [0.25, 0.3) is 6.36 Å². The molecule has 0 aromatic heterocycles. The first-order chi connectivity index (χ1) is 7.69. The number of halogens is 10. The molecule has 2 nitrogen and oxygen atoms in total. The second kappa shape index (κ2) is 4.72. The van der Waals surface area contributed by atoms with Gasteiger partial charge in [0.05, 0.1) is 0 Å². The van der Waals surface area contributed by atoms with E-state index in [9.17, 15) is 43.9 Å². The molecule has 0 spiro atoms. The average Bonchev–Trinajstić information content (AvgIpc) is 2.14. The molecule has 0 radical (unpaired) electrons. The molecule has 0 aliphatic rings. The lowest BCUT2D eigenvalue weighted by atomic mass is 10.3. The van der Waals surface area contributed by atoms with E-state index in [1.165, 1.54) is 0 Å². The van der Waals surface area contributed by atoms with Crippen molar-refractivity contribution in [1.82, 2.24) is 0 Å². The van der Waals surface area contributed by atoms with Crippen LogP contribution in [0.15, 0.2) is 0 Å². The number of aliphatic hydroxyl groups is 1. The molecule has 0 fully saturated rings. The topological polar surface area (TPSA) is 29.5 Å². The largest absolute Gasteiger partial charge is 0.462 e. The van der Waals surface area contributed by atoms with Crippen molar-refractivity contribution in [3.8, 4) is 0 Å². The molecule has 0 heterocycles. The highest BCUT2D eigenvalue weighted by atomic mass is 19.4. The van der Waals surface area contributed by atoms with Gasteiger partial charge >= 0.3 is 24.1 Å². The van der Waals surface area contributed by atoms with Gasteiger partial charge in [-0.05, 0) is 0 Å². The van der Waals surface area contributed by atoms with Crippen LogP contribution in [-0.2, 0) is 4.74 Å². The first-order valence-corrected chi connectivity index (χ1v) is 3.82. The zero-order chi connectivity index (χ0) is 15.0. The summed E-state index contributed by atoms with van der Waals surface area (Å²) in [5, 5.41) is 7.80. The lowest BCUT2D eigenvalue weighted by Crippen LogP contribution is -2.56. The fraction of sp³-hybridized carbons (Fsp3) is 1.00. The Kier molecular flexibility index (Phi) is 4.51. The Morgan fingerprint density at radius 2 is 1.28 bits per heavy atom. The maximum atomic E-state index is 12.3. The number of alkyl halides is 10. The summed E-state index contributed by atoms with van der Waals surface area (Å²) in [5.74, 6) is -11.9. The minimum absolute atomic E-state index is 2.10. The average molecular weight is 298 g/mol. The minimum Gasteiger partial charge on any atom is -0.390 e. The number of ether oxygens (including phenoxy) is 1. The number of aliphatic hydroxyl groups excluding tert-OH is 1. The van der Waals surface area contributed by atoms with E-state index in [-0.39, 0.29) is 0 Å². The van der Waals surface area contributed by atoms with Gasteiger partial charge in [-0.25, -0.2) is 4.39 Å². The molecule has 110 valence electrons. The predicted molar refractivity (Wildman–Crippen MR) is 34.0 cm³/mol. The first-order valence-electron chi connectivity index (χ1n) is 3.82. The highest BCUT2D eigenvalue weighted by Crippen LogP contribution is 2.48. The van der Waals surface area contributed by atoms with Crippen LogP contribution in [-0.4, -0.2) is 42.2 Å². The van der Waals surface area contributed by atoms with E-state index in [2.05, 4.69) is 4.74 Å².